The third kappa shape index (κ3) is 2.81. The second-order valence-corrected chi connectivity index (χ2v) is 6.57. The molecule has 1 aromatic heterocycles. The highest BCUT2D eigenvalue weighted by Gasteiger charge is 2.45. The largest absolute Gasteiger partial charge is 0.480 e. The summed E-state index contributed by atoms with van der Waals surface area (Å²) in [4.78, 5) is 18.0. The molecular weight excluding hydrogens is 270 g/mol. The number of hydrogen-bond donors (Lipinski definition) is 1. The number of aliphatic carboxylic acids is 1. The molecule has 2 aliphatic rings. The van der Waals surface area contributed by atoms with E-state index in [0.29, 0.717) is 30.2 Å². The molecule has 21 heavy (non-hydrogen) atoms. The van der Waals surface area contributed by atoms with Crippen LogP contribution in [0.15, 0.2) is 4.52 Å². The summed E-state index contributed by atoms with van der Waals surface area (Å²) in [5.74, 6) is 1.23. The second kappa shape index (κ2) is 5.75. The third-order valence-corrected chi connectivity index (χ3v) is 4.82. The molecule has 1 saturated heterocycles. The van der Waals surface area contributed by atoms with Crippen LogP contribution in [0.4, 0.5) is 0 Å². The fraction of sp³-hybridized carbons (Fsp3) is 0.800. The Bertz CT molecular complexity index is 514. The molecule has 0 radical (unpaired) electrons. The van der Waals surface area contributed by atoms with E-state index < -0.39 is 12.0 Å². The molecule has 6 heteroatoms. The van der Waals surface area contributed by atoms with Crippen molar-refractivity contribution in [3.05, 3.63) is 11.7 Å². The smallest absolute Gasteiger partial charge is 0.320 e. The first-order valence-electron chi connectivity index (χ1n) is 7.87. The van der Waals surface area contributed by atoms with Crippen LogP contribution in [0.3, 0.4) is 0 Å². The Hall–Kier alpha value is -1.43. The van der Waals surface area contributed by atoms with Crippen molar-refractivity contribution < 1.29 is 14.4 Å². The fourth-order valence-electron chi connectivity index (χ4n) is 3.75. The molecule has 1 aliphatic heterocycles. The molecule has 1 aliphatic carbocycles. The predicted octanol–water partition coefficient (Wildman–Crippen LogP) is 2.41. The van der Waals surface area contributed by atoms with E-state index in [0.717, 1.165) is 19.3 Å². The third-order valence-electron chi connectivity index (χ3n) is 4.82. The molecule has 3 atom stereocenters. The molecule has 1 N–H and O–H groups in total. The minimum absolute atomic E-state index is 0.221. The normalized spacial score (nSPS) is 29.8. The van der Waals surface area contributed by atoms with Gasteiger partial charge in [0.2, 0.25) is 5.89 Å². The van der Waals surface area contributed by atoms with E-state index in [2.05, 4.69) is 15.0 Å². The second-order valence-electron chi connectivity index (χ2n) is 6.57. The zero-order chi connectivity index (χ0) is 15.0. The van der Waals surface area contributed by atoms with Gasteiger partial charge in [-0.25, -0.2) is 0 Å². The van der Waals surface area contributed by atoms with Crippen molar-refractivity contribution in [1.82, 2.24) is 15.0 Å². The summed E-state index contributed by atoms with van der Waals surface area (Å²) < 4.78 is 5.30. The monoisotopic (exact) mass is 293 g/mol. The molecule has 0 bridgehead atoms. The average molecular weight is 293 g/mol. The van der Waals surface area contributed by atoms with Gasteiger partial charge in [-0.2, -0.15) is 4.98 Å². The summed E-state index contributed by atoms with van der Waals surface area (Å²) in [5, 5.41) is 13.5. The summed E-state index contributed by atoms with van der Waals surface area (Å²) in [6.45, 7) is 4.49. The number of likely N-dealkylation sites (tertiary alicyclic amines) is 1. The molecule has 6 nitrogen and oxygen atoms in total. The molecule has 1 saturated carbocycles. The highest BCUT2D eigenvalue weighted by Crippen LogP contribution is 2.40. The van der Waals surface area contributed by atoms with Gasteiger partial charge in [0.25, 0.3) is 0 Å². The molecule has 1 aromatic rings. The van der Waals surface area contributed by atoms with Crippen LogP contribution < -0.4 is 0 Å². The number of nitrogens with zero attached hydrogens (tertiary/aromatic N) is 3. The Morgan fingerprint density at radius 3 is 2.86 bits per heavy atom. The summed E-state index contributed by atoms with van der Waals surface area (Å²) in [5.41, 5.74) is 0. The van der Waals surface area contributed by atoms with E-state index >= 15 is 0 Å². The highest BCUT2D eigenvalue weighted by molar-refractivity contribution is 5.74. The first-order valence-corrected chi connectivity index (χ1v) is 7.87. The van der Waals surface area contributed by atoms with Crippen molar-refractivity contribution in [2.75, 3.05) is 0 Å². The van der Waals surface area contributed by atoms with Gasteiger partial charge in [0, 0.05) is 12.0 Å². The quantitative estimate of drug-likeness (QED) is 0.918. The minimum Gasteiger partial charge on any atom is -0.480 e. The van der Waals surface area contributed by atoms with Crippen LogP contribution in [0.2, 0.25) is 0 Å². The maximum Gasteiger partial charge on any atom is 0.320 e. The number of aromatic nitrogens is 2. The van der Waals surface area contributed by atoms with Gasteiger partial charge in [0.1, 0.15) is 6.04 Å². The van der Waals surface area contributed by atoms with Gasteiger partial charge in [-0.3, -0.25) is 9.69 Å². The summed E-state index contributed by atoms with van der Waals surface area (Å²) in [7, 11) is 0. The maximum absolute atomic E-state index is 11.6. The van der Waals surface area contributed by atoms with Crippen LogP contribution in [-0.2, 0) is 11.3 Å². The first-order chi connectivity index (χ1) is 10.1. The van der Waals surface area contributed by atoms with Crippen molar-refractivity contribution in [3.8, 4) is 0 Å². The van der Waals surface area contributed by atoms with Crippen molar-refractivity contribution in [1.29, 1.82) is 0 Å². The standard InChI is InChI=1S/C15H23N3O3/c1-9(2)14-16-13(21-17-14)8-18-11-6-4-3-5-10(11)7-12(18)15(19)20/h9-12H,3-8H2,1-2H3,(H,19,20)/t10-,11-,12-/m0/s1. The van der Waals surface area contributed by atoms with Gasteiger partial charge in [-0.1, -0.05) is 31.8 Å². The zero-order valence-electron chi connectivity index (χ0n) is 12.7. The lowest BCUT2D eigenvalue weighted by Crippen LogP contribution is -2.41. The van der Waals surface area contributed by atoms with Gasteiger partial charge in [0.05, 0.1) is 6.54 Å². The molecule has 0 amide bonds. The molecule has 116 valence electrons. The van der Waals surface area contributed by atoms with Crippen LogP contribution in [0.25, 0.3) is 0 Å². The van der Waals surface area contributed by atoms with Crippen LogP contribution >= 0.6 is 0 Å². The van der Waals surface area contributed by atoms with E-state index in [1.165, 1.54) is 12.8 Å². The highest BCUT2D eigenvalue weighted by atomic mass is 16.5. The van der Waals surface area contributed by atoms with Crippen molar-refractivity contribution in [2.24, 2.45) is 5.92 Å². The molecule has 0 unspecified atom stereocenters. The van der Waals surface area contributed by atoms with Crippen molar-refractivity contribution in [2.45, 2.75) is 70.5 Å². The SMILES string of the molecule is CC(C)c1noc(CN2[C@H](C(=O)O)C[C@@H]3CCCC[C@@H]32)n1. The van der Waals surface area contributed by atoms with Gasteiger partial charge < -0.3 is 9.63 Å². The van der Waals surface area contributed by atoms with Crippen LogP contribution in [0.5, 0.6) is 0 Å². The van der Waals surface area contributed by atoms with E-state index in [1.807, 2.05) is 13.8 Å². The molecule has 2 fully saturated rings. The van der Waals surface area contributed by atoms with Gasteiger partial charge >= 0.3 is 5.97 Å². The lowest BCUT2D eigenvalue weighted by molar-refractivity contribution is -0.143. The lowest BCUT2D eigenvalue weighted by Gasteiger charge is -2.31. The van der Waals surface area contributed by atoms with E-state index in [4.69, 9.17) is 4.52 Å². The summed E-state index contributed by atoms with van der Waals surface area (Å²) >= 11 is 0. The van der Waals surface area contributed by atoms with Gasteiger partial charge in [0.15, 0.2) is 5.82 Å². The van der Waals surface area contributed by atoms with E-state index in [1.54, 1.807) is 0 Å². The number of rotatable bonds is 4. The number of fused-ring (bicyclic) bond motifs is 1. The Kier molecular flexibility index (Phi) is 3.97. The first kappa shape index (κ1) is 14.5. The van der Waals surface area contributed by atoms with Crippen molar-refractivity contribution >= 4 is 5.97 Å². The number of carbonyl (C=O) groups is 1. The summed E-state index contributed by atoms with van der Waals surface area (Å²) in [6.07, 6.45) is 5.39. The Labute approximate surface area is 124 Å². The van der Waals surface area contributed by atoms with Crippen LogP contribution in [-0.4, -0.2) is 38.2 Å². The molecular formula is C15H23N3O3. The number of hydrogen-bond acceptors (Lipinski definition) is 5. The topological polar surface area (TPSA) is 79.5 Å². The predicted molar refractivity (Wildman–Crippen MR) is 75.7 cm³/mol. The molecule has 3 rings (SSSR count). The van der Waals surface area contributed by atoms with Gasteiger partial charge in [-0.05, 0) is 25.2 Å². The summed E-state index contributed by atoms with van der Waals surface area (Å²) in [6, 6.07) is -0.0539. The lowest BCUT2D eigenvalue weighted by atomic mass is 9.85. The average Bonchev–Trinajstić information content (AvgIpc) is 3.05. The minimum atomic E-state index is -0.729. The van der Waals surface area contributed by atoms with Gasteiger partial charge in [-0.15, -0.1) is 0 Å². The van der Waals surface area contributed by atoms with E-state index in [9.17, 15) is 9.90 Å². The Morgan fingerprint density at radius 1 is 1.43 bits per heavy atom. The number of carboxylic acids is 1. The van der Waals surface area contributed by atoms with E-state index in [-0.39, 0.29) is 5.92 Å². The maximum atomic E-state index is 11.6. The van der Waals surface area contributed by atoms with Crippen molar-refractivity contribution in [3.63, 3.8) is 0 Å². The molecule has 0 spiro atoms. The Morgan fingerprint density at radius 2 is 2.19 bits per heavy atom. The molecule has 0 aromatic carbocycles. The Balaban J connectivity index is 1.78. The fourth-order valence-corrected chi connectivity index (χ4v) is 3.75. The van der Waals surface area contributed by atoms with Crippen LogP contribution in [0.1, 0.15) is 63.6 Å². The zero-order valence-corrected chi connectivity index (χ0v) is 12.7. The number of carboxylic acid groups (broad SMARTS) is 1. The van der Waals surface area contributed by atoms with Crippen LogP contribution in [0, 0.1) is 5.92 Å². The molecule has 2 heterocycles.